The smallest absolute Gasteiger partial charge is 0.0266 e. The van der Waals surface area contributed by atoms with Crippen molar-refractivity contribution >= 4 is 0 Å². The Morgan fingerprint density at radius 1 is 0.727 bits per heavy atom. The van der Waals surface area contributed by atoms with Crippen LogP contribution in [0.25, 0.3) is 0 Å². The summed E-state index contributed by atoms with van der Waals surface area (Å²) in [7, 11) is 0. The summed E-state index contributed by atoms with van der Waals surface area (Å²) >= 11 is 0. The molecule has 1 spiro atoms. The summed E-state index contributed by atoms with van der Waals surface area (Å²) in [6, 6.07) is 0. The lowest BCUT2D eigenvalue weighted by Crippen LogP contribution is -2.30. The molecule has 0 atom stereocenters. The average Bonchev–Trinajstić information content (AvgIpc) is 1.82. The van der Waals surface area contributed by atoms with E-state index < -0.39 is 0 Å². The van der Waals surface area contributed by atoms with Gasteiger partial charge in [-0.25, -0.2) is 0 Å². The van der Waals surface area contributed by atoms with Crippen LogP contribution in [-0.4, -0.2) is 0 Å². The van der Waals surface area contributed by atoms with Gasteiger partial charge in [0.15, 0.2) is 0 Å². The number of hydrogen-bond acceptors (Lipinski definition) is 0. The van der Waals surface area contributed by atoms with Crippen LogP contribution in [0.3, 0.4) is 0 Å². The molecule has 0 amide bonds. The van der Waals surface area contributed by atoms with Crippen molar-refractivity contribution in [3.05, 3.63) is 6.42 Å². The zero-order valence-electron chi connectivity index (χ0n) is 7.44. The van der Waals surface area contributed by atoms with Gasteiger partial charge in [0, 0.05) is 0 Å². The standard InChI is InChI=1S/C11H19/c1-2-4-7-11(8-5-3-1)9-6-10-11/h9H,1-8,10H2. The molecule has 2 rings (SSSR count). The van der Waals surface area contributed by atoms with E-state index in [-0.39, 0.29) is 0 Å². The molecule has 0 bridgehead atoms. The summed E-state index contributed by atoms with van der Waals surface area (Å²) < 4.78 is 0. The van der Waals surface area contributed by atoms with Gasteiger partial charge in [0.05, 0.1) is 0 Å². The second-order valence-corrected chi connectivity index (χ2v) is 4.37. The fraction of sp³-hybridized carbons (Fsp3) is 0.909. The van der Waals surface area contributed by atoms with Gasteiger partial charge in [-0.1, -0.05) is 32.1 Å². The summed E-state index contributed by atoms with van der Waals surface area (Å²) in [6.07, 6.45) is 16.0. The lowest BCUT2D eigenvalue weighted by atomic mass is 9.62. The van der Waals surface area contributed by atoms with Crippen molar-refractivity contribution in [2.24, 2.45) is 5.41 Å². The highest BCUT2D eigenvalue weighted by molar-refractivity contribution is 5.01. The first-order chi connectivity index (χ1) is 5.41. The molecule has 2 fully saturated rings. The molecule has 0 unspecified atom stereocenters. The molecular formula is C11H19. The number of rotatable bonds is 0. The van der Waals surface area contributed by atoms with E-state index in [4.69, 9.17) is 0 Å². The second kappa shape index (κ2) is 3.16. The van der Waals surface area contributed by atoms with E-state index in [9.17, 15) is 0 Å². The van der Waals surface area contributed by atoms with E-state index in [1.165, 1.54) is 57.8 Å². The van der Waals surface area contributed by atoms with Crippen molar-refractivity contribution < 1.29 is 0 Å². The lowest BCUT2D eigenvalue weighted by molar-refractivity contribution is 0.169. The van der Waals surface area contributed by atoms with E-state index in [1.807, 2.05) is 0 Å². The highest BCUT2D eigenvalue weighted by atomic mass is 14.4. The van der Waals surface area contributed by atoms with E-state index in [0.717, 1.165) is 5.41 Å². The minimum atomic E-state index is 0.750. The monoisotopic (exact) mass is 151 g/mol. The first-order valence-electron chi connectivity index (χ1n) is 5.26. The molecule has 0 aromatic heterocycles. The summed E-state index contributed by atoms with van der Waals surface area (Å²) in [4.78, 5) is 0. The van der Waals surface area contributed by atoms with Crippen molar-refractivity contribution in [2.45, 2.75) is 57.8 Å². The van der Waals surface area contributed by atoms with Crippen LogP contribution in [0.2, 0.25) is 0 Å². The minimum Gasteiger partial charge on any atom is -0.0533 e. The van der Waals surface area contributed by atoms with Crippen LogP contribution in [-0.2, 0) is 0 Å². The first kappa shape index (κ1) is 7.64. The molecule has 0 N–H and O–H groups in total. The van der Waals surface area contributed by atoms with Gasteiger partial charge in [-0.05, 0) is 37.5 Å². The van der Waals surface area contributed by atoms with Gasteiger partial charge in [0.1, 0.15) is 0 Å². The van der Waals surface area contributed by atoms with E-state index >= 15 is 0 Å². The predicted octanol–water partition coefficient (Wildman–Crippen LogP) is 3.72. The highest BCUT2D eigenvalue weighted by Crippen LogP contribution is 2.48. The SMILES string of the molecule is [CH]1CCC12CCCCCCC2. The Balaban J connectivity index is 1.86. The Hall–Kier alpha value is 0. The summed E-state index contributed by atoms with van der Waals surface area (Å²) in [5, 5.41) is 0. The topological polar surface area (TPSA) is 0 Å². The zero-order valence-corrected chi connectivity index (χ0v) is 7.44. The van der Waals surface area contributed by atoms with Crippen molar-refractivity contribution in [1.29, 1.82) is 0 Å². The fourth-order valence-corrected chi connectivity index (χ4v) is 2.62. The molecule has 0 heteroatoms. The normalized spacial score (nSPS) is 30.5. The van der Waals surface area contributed by atoms with E-state index in [0.29, 0.717) is 0 Å². The largest absolute Gasteiger partial charge is 0.0533 e. The zero-order chi connectivity index (χ0) is 7.57. The van der Waals surface area contributed by atoms with Crippen LogP contribution >= 0.6 is 0 Å². The van der Waals surface area contributed by atoms with Crippen LogP contribution in [0, 0.1) is 11.8 Å². The molecule has 0 nitrogen and oxygen atoms in total. The molecule has 63 valence electrons. The molecule has 0 aromatic rings. The lowest BCUT2D eigenvalue weighted by Gasteiger charge is -2.43. The fourth-order valence-electron chi connectivity index (χ4n) is 2.62. The molecule has 2 saturated carbocycles. The van der Waals surface area contributed by atoms with Gasteiger partial charge in [-0.3, -0.25) is 0 Å². The molecule has 0 aromatic carbocycles. The molecule has 2 aliphatic rings. The van der Waals surface area contributed by atoms with Gasteiger partial charge in [-0.2, -0.15) is 0 Å². The quantitative estimate of drug-likeness (QED) is 0.495. The Bertz CT molecular complexity index is 112. The van der Waals surface area contributed by atoms with Crippen LogP contribution in [0.1, 0.15) is 57.8 Å². The predicted molar refractivity (Wildman–Crippen MR) is 48.3 cm³/mol. The van der Waals surface area contributed by atoms with Crippen LogP contribution < -0.4 is 0 Å². The third-order valence-electron chi connectivity index (χ3n) is 3.57. The molecular weight excluding hydrogens is 132 g/mol. The van der Waals surface area contributed by atoms with Gasteiger partial charge in [-0.15, -0.1) is 0 Å². The first-order valence-corrected chi connectivity index (χ1v) is 5.26. The van der Waals surface area contributed by atoms with Gasteiger partial charge < -0.3 is 0 Å². The average molecular weight is 151 g/mol. The van der Waals surface area contributed by atoms with E-state index in [2.05, 4.69) is 6.42 Å². The van der Waals surface area contributed by atoms with Crippen LogP contribution in [0.15, 0.2) is 0 Å². The summed E-state index contributed by atoms with van der Waals surface area (Å²) in [5.74, 6) is 0. The van der Waals surface area contributed by atoms with Crippen LogP contribution in [0.5, 0.6) is 0 Å². The van der Waals surface area contributed by atoms with Crippen molar-refractivity contribution in [3.63, 3.8) is 0 Å². The van der Waals surface area contributed by atoms with E-state index in [1.54, 1.807) is 0 Å². The summed E-state index contributed by atoms with van der Waals surface area (Å²) in [6.45, 7) is 0. The molecule has 11 heavy (non-hydrogen) atoms. The Morgan fingerprint density at radius 3 is 1.73 bits per heavy atom. The third kappa shape index (κ3) is 1.60. The van der Waals surface area contributed by atoms with Gasteiger partial charge >= 0.3 is 0 Å². The Kier molecular flexibility index (Phi) is 2.20. The molecule has 1 radical (unpaired) electrons. The molecule has 2 aliphatic carbocycles. The maximum Gasteiger partial charge on any atom is -0.0266 e. The van der Waals surface area contributed by atoms with Gasteiger partial charge in [0.2, 0.25) is 0 Å². The maximum atomic E-state index is 2.60. The van der Waals surface area contributed by atoms with Crippen molar-refractivity contribution in [2.75, 3.05) is 0 Å². The Morgan fingerprint density at radius 2 is 1.27 bits per heavy atom. The van der Waals surface area contributed by atoms with Gasteiger partial charge in [0.25, 0.3) is 0 Å². The molecule has 0 saturated heterocycles. The van der Waals surface area contributed by atoms with Crippen molar-refractivity contribution in [1.82, 2.24) is 0 Å². The maximum absolute atomic E-state index is 2.60. The van der Waals surface area contributed by atoms with Crippen molar-refractivity contribution in [3.8, 4) is 0 Å². The van der Waals surface area contributed by atoms with Crippen LogP contribution in [0.4, 0.5) is 0 Å². The third-order valence-corrected chi connectivity index (χ3v) is 3.57. The summed E-state index contributed by atoms with van der Waals surface area (Å²) in [5.41, 5.74) is 0.750. The highest BCUT2D eigenvalue weighted by Gasteiger charge is 2.36. The Labute approximate surface area is 70.4 Å². The second-order valence-electron chi connectivity index (χ2n) is 4.37. The minimum absolute atomic E-state index is 0.750. The molecule has 0 aliphatic heterocycles. The molecule has 0 heterocycles. The number of hydrogen-bond donors (Lipinski definition) is 0.